The van der Waals surface area contributed by atoms with Gasteiger partial charge in [-0.3, -0.25) is 14.4 Å². The molecule has 316 valence electrons. The molecule has 0 heterocycles. The molecule has 0 radical (unpaired) electrons. The molecule has 0 bridgehead atoms. The Morgan fingerprint density at radius 2 is 0.793 bits per heavy atom. The Hall–Kier alpha value is -6.43. The molecular formula is C46H60O12. The molecule has 0 fully saturated rings. The van der Waals surface area contributed by atoms with E-state index in [0.717, 1.165) is 85.5 Å². The molecule has 3 aromatic rings. The van der Waals surface area contributed by atoms with Gasteiger partial charge in [0.15, 0.2) is 0 Å². The molecule has 0 amide bonds. The monoisotopic (exact) mass is 804 g/mol. The van der Waals surface area contributed by atoms with E-state index >= 15 is 0 Å². The first-order valence-corrected chi connectivity index (χ1v) is 18.6. The van der Waals surface area contributed by atoms with Crippen LogP contribution in [0.4, 0.5) is 0 Å². The molecule has 0 spiro atoms. The van der Waals surface area contributed by atoms with Crippen LogP contribution in [0, 0.1) is 0 Å². The van der Waals surface area contributed by atoms with Crippen LogP contribution in [0.15, 0.2) is 122 Å². The van der Waals surface area contributed by atoms with E-state index in [1.807, 2.05) is 39.8 Å². The van der Waals surface area contributed by atoms with Crippen LogP contribution in [0.1, 0.15) is 84.5 Å². The van der Waals surface area contributed by atoms with Crippen LogP contribution >= 0.6 is 0 Å². The van der Waals surface area contributed by atoms with Crippen LogP contribution in [0.5, 0.6) is 17.2 Å². The number of carbonyl (C=O) groups is 5. The summed E-state index contributed by atoms with van der Waals surface area (Å²) in [6, 6.07) is 20.8. The highest BCUT2D eigenvalue weighted by Gasteiger charge is 1.99. The lowest BCUT2D eigenvalue weighted by atomic mass is 10.2. The highest BCUT2D eigenvalue weighted by Crippen LogP contribution is 2.13. The zero-order valence-corrected chi connectivity index (χ0v) is 34.9. The topological polar surface area (TPSA) is 150 Å². The number of esters is 2. The van der Waals surface area contributed by atoms with Gasteiger partial charge in [0.1, 0.15) is 36.1 Å². The number of unbranched alkanes of at least 4 members (excludes halogenated alkanes) is 2. The predicted octanol–water partition coefficient (Wildman–Crippen LogP) is 9.40. The molecular weight excluding hydrogens is 744 g/mol. The van der Waals surface area contributed by atoms with Gasteiger partial charge >= 0.3 is 11.9 Å². The molecule has 0 atom stereocenters. The third kappa shape index (κ3) is 29.9. The van der Waals surface area contributed by atoms with E-state index in [1.54, 1.807) is 94.1 Å². The van der Waals surface area contributed by atoms with Crippen LogP contribution in [0.2, 0.25) is 0 Å². The number of rotatable bonds is 21. The maximum Gasteiger partial charge on any atom is 0.330 e. The van der Waals surface area contributed by atoms with Crippen LogP contribution in [0.3, 0.4) is 0 Å². The number of hydrogen-bond donors (Lipinski definition) is 0. The SMILES string of the molecule is C=CC(=O)OCCCCOc1ccc(C=O)cc1.C=CC(=O)OCCCCOc1ccc(C=O)cc1.CC.CO/C(C)=C/C=C(\C)OC.COc1ccc(C=O)cc1. The van der Waals surface area contributed by atoms with E-state index in [-0.39, 0.29) is 0 Å². The first-order chi connectivity index (χ1) is 28.1. The van der Waals surface area contributed by atoms with E-state index in [1.165, 1.54) is 0 Å². The normalized spacial score (nSPS) is 9.84. The van der Waals surface area contributed by atoms with Crippen LogP contribution in [0.25, 0.3) is 0 Å². The largest absolute Gasteiger partial charge is 0.501 e. The van der Waals surface area contributed by atoms with E-state index in [4.69, 9.17) is 33.2 Å². The fraction of sp³-hybridized carbons (Fsp3) is 0.326. The molecule has 58 heavy (non-hydrogen) atoms. The number of methoxy groups -OCH3 is 3. The van der Waals surface area contributed by atoms with Crippen molar-refractivity contribution in [2.45, 2.75) is 53.4 Å². The fourth-order valence-corrected chi connectivity index (χ4v) is 3.59. The van der Waals surface area contributed by atoms with Crippen molar-refractivity contribution in [2.75, 3.05) is 47.8 Å². The molecule has 3 aromatic carbocycles. The third-order valence-electron chi connectivity index (χ3n) is 6.92. The Kier molecular flexibility index (Phi) is 34.7. The van der Waals surface area contributed by atoms with E-state index in [2.05, 4.69) is 13.2 Å². The summed E-state index contributed by atoms with van der Waals surface area (Å²) in [5.74, 6) is 3.16. The lowest BCUT2D eigenvalue weighted by molar-refractivity contribution is -0.138. The van der Waals surface area contributed by atoms with Crippen LogP contribution in [-0.4, -0.2) is 78.6 Å². The van der Waals surface area contributed by atoms with Gasteiger partial charge in [-0.1, -0.05) is 27.0 Å². The maximum atomic E-state index is 10.7. The molecule has 0 saturated carbocycles. The minimum absolute atomic E-state index is 0.373. The highest BCUT2D eigenvalue weighted by atomic mass is 16.5. The minimum atomic E-state index is -0.402. The average Bonchev–Trinajstić information content (AvgIpc) is 3.29. The Labute approximate surface area is 344 Å². The summed E-state index contributed by atoms with van der Waals surface area (Å²) in [7, 11) is 4.87. The summed E-state index contributed by atoms with van der Waals surface area (Å²) >= 11 is 0. The second-order valence-corrected chi connectivity index (χ2v) is 11.1. The Morgan fingerprint density at radius 3 is 1.05 bits per heavy atom. The van der Waals surface area contributed by atoms with Crippen molar-refractivity contribution in [3.8, 4) is 17.2 Å². The average molecular weight is 805 g/mol. The number of benzene rings is 3. The lowest BCUT2D eigenvalue weighted by Gasteiger charge is -2.06. The van der Waals surface area contributed by atoms with Crippen molar-refractivity contribution in [3.63, 3.8) is 0 Å². The number of carbonyl (C=O) groups excluding carboxylic acids is 5. The summed E-state index contributed by atoms with van der Waals surface area (Å²) in [6.45, 7) is 16.2. The van der Waals surface area contributed by atoms with Crippen molar-refractivity contribution in [2.24, 2.45) is 0 Å². The molecule has 0 aromatic heterocycles. The van der Waals surface area contributed by atoms with E-state index < -0.39 is 11.9 Å². The number of ether oxygens (including phenoxy) is 7. The van der Waals surface area contributed by atoms with Gasteiger partial charge in [0.2, 0.25) is 0 Å². The number of allylic oxidation sites excluding steroid dienone is 4. The molecule has 12 nitrogen and oxygen atoms in total. The smallest absolute Gasteiger partial charge is 0.330 e. The molecule has 0 aliphatic rings. The maximum absolute atomic E-state index is 10.7. The minimum Gasteiger partial charge on any atom is -0.501 e. The van der Waals surface area contributed by atoms with Gasteiger partial charge in [0, 0.05) is 28.8 Å². The van der Waals surface area contributed by atoms with Gasteiger partial charge in [0.25, 0.3) is 0 Å². The Morgan fingerprint density at radius 1 is 0.500 bits per heavy atom. The van der Waals surface area contributed by atoms with Gasteiger partial charge < -0.3 is 33.2 Å². The number of hydrogen-bond acceptors (Lipinski definition) is 12. The quantitative estimate of drug-likeness (QED) is 0.0252. The van der Waals surface area contributed by atoms with Crippen molar-refractivity contribution in [1.29, 1.82) is 0 Å². The van der Waals surface area contributed by atoms with Gasteiger partial charge in [-0.15, -0.1) is 0 Å². The first kappa shape index (κ1) is 53.7. The van der Waals surface area contributed by atoms with E-state index in [0.29, 0.717) is 43.1 Å². The number of aldehydes is 3. The molecule has 0 saturated heterocycles. The lowest BCUT2D eigenvalue weighted by Crippen LogP contribution is -2.04. The molecule has 0 aliphatic heterocycles. The first-order valence-electron chi connectivity index (χ1n) is 18.6. The Bertz CT molecular complexity index is 1530. The summed E-state index contributed by atoms with van der Waals surface area (Å²) in [5, 5.41) is 0. The van der Waals surface area contributed by atoms with Crippen LogP contribution in [-0.2, 0) is 28.5 Å². The zero-order valence-electron chi connectivity index (χ0n) is 34.9. The second kappa shape index (κ2) is 37.5. The predicted molar refractivity (Wildman–Crippen MR) is 227 cm³/mol. The van der Waals surface area contributed by atoms with Gasteiger partial charge in [-0.2, -0.15) is 0 Å². The van der Waals surface area contributed by atoms with Crippen molar-refractivity contribution in [3.05, 3.63) is 138 Å². The summed E-state index contributed by atoms with van der Waals surface area (Å²) < 4.78 is 35.3. The van der Waals surface area contributed by atoms with Gasteiger partial charge in [-0.05, 0) is 124 Å². The molecule has 3 rings (SSSR count). The van der Waals surface area contributed by atoms with Gasteiger partial charge in [-0.25, -0.2) is 9.59 Å². The zero-order chi connectivity index (χ0) is 43.8. The molecule has 0 aliphatic carbocycles. The third-order valence-corrected chi connectivity index (χ3v) is 6.92. The second-order valence-electron chi connectivity index (χ2n) is 11.1. The van der Waals surface area contributed by atoms with E-state index in [9.17, 15) is 24.0 Å². The van der Waals surface area contributed by atoms with Gasteiger partial charge in [0.05, 0.1) is 59.3 Å². The molecule has 0 unspecified atom stereocenters. The van der Waals surface area contributed by atoms with Crippen LogP contribution < -0.4 is 14.2 Å². The molecule has 12 heteroatoms. The van der Waals surface area contributed by atoms with Crippen molar-refractivity contribution in [1.82, 2.24) is 0 Å². The highest BCUT2D eigenvalue weighted by molar-refractivity contribution is 5.81. The summed E-state index contributed by atoms with van der Waals surface area (Å²) in [6.07, 6.45) is 11.5. The molecule has 0 N–H and O–H groups in total. The standard InChI is InChI=1S/2C14H16O4.C8H8O2.C8H14O2.C2H6/c2*1-2-14(16)18-10-4-3-9-17-13-7-5-12(11-15)6-8-13;1-10-8-4-2-7(6-9)3-5-8;1-7(9-3)5-6-8(2)10-4;1-2/h2*2,5-8,11H,1,3-4,9-10H2;2-6H,1H3;5-6H,1-4H3;1-2H3/b;;;7-5+,8-6+;. The summed E-state index contributed by atoms with van der Waals surface area (Å²) in [5.41, 5.74) is 1.91. The summed E-state index contributed by atoms with van der Waals surface area (Å²) in [4.78, 5) is 52.5. The Balaban J connectivity index is 0. The van der Waals surface area contributed by atoms with Crippen molar-refractivity contribution >= 4 is 30.8 Å². The van der Waals surface area contributed by atoms with Crippen molar-refractivity contribution < 1.29 is 57.1 Å². The fourth-order valence-electron chi connectivity index (χ4n) is 3.59.